The van der Waals surface area contributed by atoms with Gasteiger partial charge in [0, 0.05) is 17.2 Å². The van der Waals surface area contributed by atoms with Crippen LogP contribution in [0.25, 0.3) is 0 Å². The van der Waals surface area contributed by atoms with E-state index >= 15 is 0 Å². The number of hydrogen-bond acceptors (Lipinski definition) is 1. The predicted octanol–water partition coefficient (Wildman–Crippen LogP) is 5.22. The second-order valence-corrected chi connectivity index (χ2v) is 5.52. The number of anilines is 2. The average molecular weight is 271 g/mol. The van der Waals surface area contributed by atoms with Crippen molar-refractivity contribution in [2.24, 2.45) is 0 Å². The van der Waals surface area contributed by atoms with Gasteiger partial charge in [-0.1, -0.05) is 56.2 Å². The molecule has 2 aromatic carbocycles. The van der Waals surface area contributed by atoms with Gasteiger partial charge in [0.05, 0.1) is 0 Å². The zero-order chi connectivity index (χ0) is 13.5. The SMILES string of the molecule is CCCCC(P)N(c1ccccc1)c1ccccc1. The third kappa shape index (κ3) is 3.81. The topological polar surface area (TPSA) is 3.24 Å². The van der Waals surface area contributed by atoms with E-state index in [1.54, 1.807) is 0 Å². The molecule has 0 fully saturated rings. The Kier molecular flexibility index (Phi) is 5.42. The van der Waals surface area contributed by atoms with Crippen LogP contribution in [0.4, 0.5) is 11.4 Å². The van der Waals surface area contributed by atoms with E-state index in [1.807, 2.05) is 0 Å². The number of unbranched alkanes of at least 4 members (excludes halogenated alkanes) is 1. The Morgan fingerprint density at radius 3 is 1.79 bits per heavy atom. The highest BCUT2D eigenvalue weighted by Crippen LogP contribution is 2.31. The minimum atomic E-state index is 0.435. The summed E-state index contributed by atoms with van der Waals surface area (Å²) in [5.41, 5.74) is 2.51. The van der Waals surface area contributed by atoms with Crippen LogP contribution in [0.1, 0.15) is 26.2 Å². The van der Waals surface area contributed by atoms with E-state index < -0.39 is 0 Å². The highest BCUT2D eigenvalue weighted by molar-refractivity contribution is 7.17. The predicted molar refractivity (Wildman–Crippen MR) is 88.0 cm³/mol. The first-order chi connectivity index (χ1) is 9.33. The molecule has 0 heterocycles. The summed E-state index contributed by atoms with van der Waals surface area (Å²) in [6.07, 6.45) is 3.68. The van der Waals surface area contributed by atoms with E-state index in [9.17, 15) is 0 Å². The average Bonchev–Trinajstić information content (AvgIpc) is 2.47. The smallest absolute Gasteiger partial charge is 0.0479 e. The molecule has 0 saturated carbocycles. The lowest BCUT2D eigenvalue weighted by molar-refractivity contribution is 0.686. The summed E-state index contributed by atoms with van der Waals surface area (Å²) in [5, 5.41) is 0. The van der Waals surface area contributed by atoms with E-state index in [-0.39, 0.29) is 0 Å². The lowest BCUT2D eigenvalue weighted by Crippen LogP contribution is -2.25. The maximum Gasteiger partial charge on any atom is 0.0479 e. The highest BCUT2D eigenvalue weighted by atomic mass is 31.0. The van der Waals surface area contributed by atoms with Gasteiger partial charge in [-0.3, -0.25) is 0 Å². The van der Waals surface area contributed by atoms with Crippen LogP contribution in [0, 0.1) is 0 Å². The molecule has 2 atom stereocenters. The van der Waals surface area contributed by atoms with Crippen LogP contribution < -0.4 is 4.90 Å². The van der Waals surface area contributed by atoms with Crippen molar-refractivity contribution in [1.29, 1.82) is 0 Å². The van der Waals surface area contributed by atoms with Crippen molar-refractivity contribution in [3.63, 3.8) is 0 Å². The van der Waals surface area contributed by atoms with Crippen molar-refractivity contribution < 1.29 is 0 Å². The van der Waals surface area contributed by atoms with Crippen LogP contribution in [0.3, 0.4) is 0 Å². The molecular formula is C17H22NP. The van der Waals surface area contributed by atoms with Gasteiger partial charge in [0.1, 0.15) is 0 Å². The van der Waals surface area contributed by atoms with E-state index in [1.165, 1.54) is 30.6 Å². The van der Waals surface area contributed by atoms with Crippen molar-refractivity contribution in [3.05, 3.63) is 60.7 Å². The van der Waals surface area contributed by atoms with E-state index in [2.05, 4.69) is 81.7 Å². The molecule has 0 aliphatic heterocycles. The molecule has 2 rings (SSSR count). The molecule has 0 amide bonds. The van der Waals surface area contributed by atoms with Gasteiger partial charge in [-0.25, -0.2) is 0 Å². The van der Waals surface area contributed by atoms with Gasteiger partial charge in [0.2, 0.25) is 0 Å². The van der Waals surface area contributed by atoms with Gasteiger partial charge in [-0.2, -0.15) is 0 Å². The van der Waals surface area contributed by atoms with Crippen LogP contribution >= 0.6 is 9.24 Å². The molecule has 0 bridgehead atoms. The number of hydrogen-bond donors (Lipinski definition) is 0. The van der Waals surface area contributed by atoms with Crippen LogP contribution in [0.5, 0.6) is 0 Å². The zero-order valence-electron chi connectivity index (χ0n) is 11.5. The van der Waals surface area contributed by atoms with Crippen molar-refractivity contribution in [2.75, 3.05) is 4.90 Å². The van der Waals surface area contributed by atoms with E-state index in [0.29, 0.717) is 5.78 Å². The van der Waals surface area contributed by atoms with Crippen LogP contribution in [0.15, 0.2) is 60.7 Å². The first kappa shape index (κ1) is 14.1. The standard InChI is InChI=1S/C17H22NP/c1-2-3-14-17(19)18(15-10-6-4-7-11-15)16-12-8-5-9-13-16/h4-13,17H,2-3,14,19H2,1H3. The molecule has 1 nitrogen and oxygen atoms in total. The Bertz CT molecular complexity index is 430. The molecule has 0 spiro atoms. The van der Waals surface area contributed by atoms with Crippen LogP contribution in [-0.4, -0.2) is 5.78 Å². The Morgan fingerprint density at radius 2 is 1.37 bits per heavy atom. The first-order valence-corrected chi connectivity index (χ1v) is 7.64. The number of rotatable bonds is 6. The van der Waals surface area contributed by atoms with Gasteiger partial charge in [-0.15, -0.1) is 9.24 Å². The zero-order valence-corrected chi connectivity index (χ0v) is 12.7. The Labute approximate surface area is 118 Å². The summed E-state index contributed by atoms with van der Waals surface area (Å²) in [5.74, 6) is 0.435. The Hall–Kier alpha value is -1.33. The van der Waals surface area contributed by atoms with Crippen molar-refractivity contribution in [1.82, 2.24) is 0 Å². The minimum Gasteiger partial charge on any atom is -0.335 e. The normalized spacial score (nSPS) is 12.1. The molecule has 0 N–H and O–H groups in total. The summed E-state index contributed by atoms with van der Waals surface area (Å²) < 4.78 is 0. The molecule has 2 unspecified atom stereocenters. The first-order valence-electron chi connectivity index (χ1n) is 6.98. The van der Waals surface area contributed by atoms with Crippen molar-refractivity contribution in [3.8, 4) is 0 Å². The van der Waals surface area contributed by atoms with Gasteiger partial charge in [0.25, 0.3) is 0 Å². The molecular weight excluding hydrogens is 249 g/mol. The minimum absolute atomic E-state index is 0.435. The Balaban J connectivity index is 2.29. The van der Waals surface area contributed by atoms with E-state index in [4.69, 9.17) is 0 Å². The molecule has 0 aliphatic carbocycles. The molecule has 0 radical (unpaired) electrons. The third-order valence-electron chi connectivity index (χ3n) is 3.25. The van der Waals surface area contributed by atoms with Gasteiger partial charge in [0.15, 0.2) is 0 Å². The maximum absolute atomic E-state index is 2.99. The fraction of sp³-hybridized carbons (Fsp3) is 0.294. The summed E-state index contributed by atoms with van der Waals surface area (Å²) in [7, 11) is 2.99. The quantitative estimate of drug-likeness (QED) is 0.651. The number of benzene rings is 2. The van der Waals surface area contributed by atoms with Gasteiger partial charge >= 0.3 is 0 Å². The largest absolute Gasteiger partial charge is 0.335 e. The monoisotopic (exact) mass is 271 g/mol. The van der Waals surface area contributed by atoms with Gasteiger partial charge in [-0.05, 0) is 30.7 Å². The number of nitrogens with zero attached hydrogens (tertiary/aromatic N) is 1. The second kappa shape index (κ2) is 7.31. The van der Waals surface area contributed by atoms with Crippen LogP contribution in [-0.2, 0) is 0 Å². The van der Waals surface area contributed by atoms with Crippen LogP contribution in [0.2, 0.25) is 0 Å². The lowest BCUT2D eigenvalue weighted by Gasteiger charge is -2.31. The van der Waals surface area contributed by atoms with Gasteiger partial charge < -0.3 is 4.90 Å². The molecule has 0 aromatic heterocycles. The summed E-state index contributed by atoms with van der Waals surface area (Å²) >= 11 is 0. The number of para-hydroxylation sites is 2. The molecule has 2 aromatic rings. The fourth-order valence-electron chi connectivity index (χ4n) is 2.25. The molecule has 0 aliphatic rings. The highest BCUT2D eigenvalue weighted by Gasteiger charge is 2.15. The molecule has 2 heteroatoms. The second-order valence-electron chi connectivity index (χ2n) is 4.75. The lowest BCUT2D eigenvalue weighted by atomic mass is 10.2. The van der Waals surface area contributed by atoms with Crippen molar-refractivity contribution >= 4 is 20.6 Å². The van der Waals surface area contributed by atoms with Crippen molar-refractivity contribution in [2.45, 2.75) is 32.0 Å². The third-order valence-corrected chi connectivity index (χ3v) is 3.89. The molecule has 19 heavy (non-hydrogen) atoms. The Morgan fingerprint density at radius 1 is 0.895 bits per heavy atom. The fourth-order valence-corrected chi connectivity index (χ4v) is 2.83. The summed E-state index contributed by atoms with van der Waals surface area (Å²) in [6.45, 7) is 2.24. The van der Waals surface area contributed by atoms with E-state index in [0.717, 1.165) is 0 Å². The molecule has 0 saturated heterocycles. The molecule has 100 valence electrons. The summed E-state index contributed by atoms with van der Waals surface area (Å²) in [6, 6.07) is 21.2. The summed E-state index contributed by atoms with van der Waals surface area (Å²) in [4.78, 5) is 2.40. The maximum atomic E-state index is 2.99.